The number of ether oxygens (including phenoxy) is 1. The van der Waals surface area contributed by atoms with E-state index in [0.717, 1.165) is 40.8 Å². The maximum absolute atomic E-state index is 12.5. The molecule has 29 heavy (non-hydrogen) atoms. The molecule has 0 aliphatic carbocycles. The number of amides is 1. The molecule has 0 bridgehead atoms. The summed E-state index contributed by atoms with van der Waals surface area (Å²) < 4.78 is 5.15. The van der Waals surface area contributed by atoms with Crippen molar-refractivity contribution in [3.05, 3.63) is 65.6 Å². The highest BCUT2D eigenvalue weighted by atomic mass is 32.1. The number of hydrogen-bond acceptors (Lipinski definition) is 6. The molecule has 0 N–H and O–H groups in total. The Morgan fingerprint density at radius 3 is 2.45 bits per heavy atom. The van der Waals surface area contributed by atoms with Gasteiger partial charge in [0, 0.05) is 32.3 Å². The monoisotopic (exact) mass is 406 g/mol. The van der Waals surface area contributed by atoms with Crippen LogP contribution in [0.5, 0.6) is 5.75 Å². The summed E-state index contributed by atoms with van der Waals surface area (Å²) in [5, 5.41) is 10.7. The molecular weight excluding hydrogens is 384 g/mol. The van der Waals surface area contributed by atoms with Crippen molar-refractivity contribution in [2.75, 3.05) is 38.2 Å². The molecule has 1 fully saturated rings. The van der Waals surface area contributed by atoms with Gasteiger partial charge >= 0.3 is 0 Å². The van der Waals surface area contributed by atoms with Crippen LogP contribution in [-0.2, 0) is 4.79 Å². The van der Waals surface area contributed by atoms with Crippen LogP contribution in [0.1, 0.15) is 5.56 Å². The van der Waals surface area contributed by atoms with Gasteiger partial charge in [0.25, 0.3) is 0 Å². The lowest BCUT2D eigenvalue weighted by Gasteiger charge is -2.34. The van der Waals surface area contributed by atoms with Crippen molar-refractivity contribution in [2.45, 2.75) is 0 Å². The zero-order chi connectivity index (χ0) is 20.1. The summed E-state index contributed by atoms with van der Waals surface area (Å²) in [7, 11) is 1.64. The third kappa shape index (κ3) is 4.63. The van der Waals surface area contributed by atoms with Crippen molar-refractivity contribution in [3.63, 3.8) is 0 Å². The van der Waals surface area contributed by atoms with Gasteiger partial charge in [-0.2, -0.15) is 0 Å². The van der Waals surface area contributed by atoms with Crippen LogP contribution in [0.15, 0.2) is 60.0 Å². The highest BCUT2D eigenvalue weighted by Crippen LogP contribution is 2.23. The Balaban J connectivity index is 1.31. The summed E-state index contributed by atoms with van der Waals surface area (Å²) in [5.41, 5.74) is 1.86. The minimum atomic E-state index is 0.0274. The van der Waals surface area contributed by atoms with Gasteiger partial charge in [-0.1, -0.05) is 18.2 Å². The first-order valence-corrected chi connectivity index (χ1v) is 10.3. The highest BCUT2D eigenvalue weighted by Gasteiger charge is 2.20. The van der Waals surface area contributed by atoms with E-state index in [-0.39, 0.29) is 5.91 Å². The molecule has 148 valence electrons. The molecular formula is C22H22N4O2S. The second-order valence-corrected chi connectivity index (χ2v) is 7.62. The standard InChI is InChI=1S/C22H22N4O2S/c1-28-18-7-4-17(5-8-18)6-11-22(27)26-14-12-25(13-15-26)21-10-9-19(23-24-21)20-3-2-16-29-20/h2-11,16H,12-15H2,1H3/b11-6+. The van der Waals surface area contributed by atoms with Gasteiger partial charge in [-0.15, -0.1) is 21.5 Å². The fraction of sp³-hybridized carbons (Fsp3) is 0.227. The molecule has 7 heteroatoms. The molecule has 0 spiro atoms. The highest BCUT2D eigenvalue weighted by molar-refractivity contribution is 7.13. The number of thiophene rings is 1. The van der Waals surface area contributed by atoms with E-state index < -0.39 is 0 Å². The van der Waals surface area contributed by atoms with Crippen LogP contribution in [-0.4, -0.2) is 54.3 Å². The summed E-state index contributed by atoms with van der Waals surface area (Å²) in [4.78, 5) is 17.6. The van der Waals surface area contributed by atoms with Crippen molar-refractivity contribution in [2.24, 2.45) is 0 Å². The van der Waals surface area contributed by atoms with E-state index in [1.807, 2.05) is 64.9 Å². The third-order valence-electron chi connectivity index (χ3n) is 4.87. The maximum atomic E-state index is 12.5. The largest absolute Gasteiger partial charge is 0.497 e. The summed E-state index contributed by atoms with van der Waals surface area (Å²) in [5.74, 6) is 1.68. The van der Waals surface area contributed by atoms with Crippen LogP contribution in [0.3, 0.4) is 0 Å². The maximum Gasteiger partial charge on any atom is 0.246 e. The number of benzene rings is 1. The molecule has 0 radical (unpaired) electrons. The van der Waals surface area contributed by atoms with Gasteiger partial charge in [0.2, 0.25) is 5.91 Å². The quantitative estimate of drug-likeness (QED) is 0.606. The predicted octanol–water partition coefficient (Wildman–Crippen LogP) is 3.58. The molecule has 3 aromatic rings. The van der Waals surface area contributed by atoms with Crippen LogP contribution >= 0.6 is 11.3 Å². The normalized spacial score (nSPS) is 14.4. The SMILES string of the molecule is COc1ccc(/C=C/C(=O)N2CCN(c3ccc(-c4cccs4)nn3)CC2)cc1. The number of rotatable bonds is 5. The van der Waals surface area contributed by atoms with Crippen LogP contribution in [0.25, 0.3) is 16.6 Å². The van der Waals surface area contributed by atoms with Crippen LogP contribution in [0.2, 0.25) is 0 Å². The van der Waals surface area contributed by atoms with Gasteiger partial charge in [0.1, 0.15) is 11.4 Å². The molecule has 1 aromatic carbocycles. The Morgan fingerprint density at radius 1 is 1.03 bits per heavy atom. The van der Waals surface area contributed by atoms with Crippen LogP contribution < -0.4 is 9.64 Å². The zero-order valence-corrected chi connectivity index (χ0v) is 17.0. The topological polar surface area (TPSA) is 58.6 Å². The van der Waals surface area contributed by atoms with E-state index in [1.165, 1.54) is 0 Å². The van der Waals surface area contributed by atoms with Gasteiger partial charge in [-0.25, -0.2) is 0 Å². The third-order valence-corrected chi connectivity index (χ3v) is 5.77. The smallest absolute Gasteiger partial charge is 0.246 e. The average Bonchev–Trinajstić information content (AvgIpc) is 3.33. The number of methoxy groups -OCH3 is 1. The van der Waals surface area contributed by atoms with Crippen LogP contribution in [0, 0.1) is 0 Å². The van der Waals surface area contributed by atoms with E-state index in [4.69, 9.17) is 4.74 Å². The molecule has 3 heterocycles. The first kappa shape index (κ1) is 19.1. The van der Waals surface area contributed by atoms with Crippen molar-refractivity contribution >= 4 is 29.1 Å². The van der Waals surface area contributed by atoms with Crippen molar-refractivity contribution in [1.29, 1.82) is 0 Å². The summed E-state index contributed by atoms with van der Waals surface area (Å²) >= 11 is 1.65. The Bertz CT molecular complexity index is 961. The molecule has 6 nitrogen and oxygen atoms in total. The summed E-state index contributed by atoms with van der Waals surface area (Å²) in [6.45, 7) is 2.82. The number of nitrogens with zero attached hydrogens (tertiary/aromatic N) is 4. The lowest BCUT2D eigenvalue weighted by atomic mass is 10.2. The summed E-state index contributed by atoms with van der Waals surface area (Å²) in [6, 6.07) is 15.7. The number of aromatic nitrogens is 2. The summed E-state index contributed by atoms with van der Waals surface area (Å²) in [6.07, 6.45) is 3.47. The first-order valence-electron chi connectivity index (χ1n) is 9.46. The number of piperazine rings is 1. The number of carbonyl (C=O) groups excluding carboxylic acids is 1. The van der Waals surface area contributed by atoms with Gasteiger partial charge in [-0.05, 0) is 47.4 Å². The molecule has 1 amide bonds. The molecule has 2 aromatic heterocycles. The number of hydrogen-bond donors (Lipinski definition) is 0. The minimum absolute atomic E-state index is 0.0274. The molecule has 0 saturated carbocycles. The average molecular weight is 407 g/mol. The zero-order valence-electron chi connectivity index (χ0n) is 16.2. The van der Waals surface area contributed by atoms with Crippen molar-refractivity contribution in [1.82, 2.24) is 15.1 Å². The Labute approximate surface area is 174 Å². The molecule has 0 unspecified atom stereocenters. The number of anilines is 1. The van der Waals surface area contributed by atoms with Gasteiger partial charge in [0.15, 0.2) is 5.82 Å². The Kier molecular flexibility index (Phi) is 5.86. The lowest BCUT2D eigenvalue weighted by Crippen LogP contribution is -2.48. The molecule has 1 aliphatic heterocycles. The van der Waals surface area contributed by atoms with E-state index in [9.17, 15) is 4.79 Å². The van der Waals surface area contributed by atoms with Crippen molar-refractivity contribution in [3.8, 4) is 16.3 Å². The van der Waals surface area contributed by atoms with Gasteiger partial charge in [0.05, 0.1) is 12.0 Å². The van der Waals surface area contributed by atoms with Gasteiger partial charge in [-0.3, -0.25) is 4.79 Å². The Morgan fingerprint density at radius 2 is 1.83 bits per heavy atom. The molecule has 1 saturated heterocycles. The second-order valence-electron chi connectivity index (χ2n) is 6.67. The molecule has 0 atom stereocenters. The molecule has 4 rings (SSSR count). The number of carbonyl (C=O) groups is 1. The van der Waals surface area contributed by atoms with E-state index >= 15 is 0 Å². The van der Waals surface area contributed by atoms with Gasteiger partial charge < -0.3 is 14.5 Å². The van der Waals surface area contributed by atoms with E-state index in [0.29, 0.717) is 13.1 Å². The molecule has 1 aliphatic rings. The predicted molar refractivity (Wildman–Crippen MR) is 116 cm³/mol. The van der Waals surface area contributed by atoms with Crippen molar-refractivity contribution < 1.29 is 9.53 Å². The van der Waals surface area contributed by atoms with E-state index in [1.54, 1.807) is 24.5 Å². The fourth-order valence-electron chi connectivity index (χ4n) is 3.19. The van der Waals surface area contributed by atoms with Crippen LogP contribution in [0.4, 0.5) is 5.82 Å². The lowest BCUT2D eigenvalue weighted by molar-refractivity contribution is -0.126. The first-order chi connectivity index (χ1) is 14.2. The fourth-order valence-corrected chi connectivity index (χ4v) is 3.88. The Hall–Kier alpha value is -3.19. The van der Waals surface area contributed by atoms with E-state index in [2.05, 4.69) is 15.1 Å². The second kappa shape index (κ2) is 8.87. The minimum Gasteiger partial charge on any atom is -0.497 e.